The fourth-order valence-corrected chi connectivity index (χ4v) is 2.97. The van der Waals surface area contributed by atoms with Gasteiger partial charge in [0, 0.05) is 18.4 Å². The van der Waals surface area contributed by atoms with Crippen LogP contribution in [-0.4, -0.2) is 16.3 Å². The van der Waals surface area contributed by atoms with E-state index in [0.29, 0.717) is 6.42 Å². The Hall–Kier alpha value is -0.0500. The van der Waals surface area contributed by atoms with Crippen molar-refractivity contribution in [2.75, 3.05) is 5.75 Å². The van der Waals surface area contributed by atoms with Crippen molar-refractivity contribution in [3.63, 3.8) is 0 Å². The van der Waals surface area contributed by atoms with Gasteiger partial charge in [0.1, 0.15) is 10.6 Å². The lowest BCUT2D eigenvalue weighted by atomic mass is 10.4. The number of carbonyl (C=O) groups excluding carboxylic acids is 1. The zero-order chi connectivity index (χ0) is 10.2. The second-order valence-corrected chi connectivity index (χ2v) is 5.72. The van der Waals surface area contributed by atoms with Gasteiger partial charge in [-0.15, -0.1) is 0 Å². The average Bonchev–Trinajstić information content (AvgIpc) is 2.18. The highest BCUT2D eigenvalue weighted by Crippen LogP contribution is 2.29. The van der Waals surface area contributed by atoms with Crippen molar-refractivity contribution in [1.82, 2.24) is 4.98 Å². The van der Waals surface area contributed by atoms with Crippen molar-refractivity contribution in [2.24, 2.45) is 0 Å². The van der Waals surface area contributed by atoms with Crippen molar-refractivity contribution in [3.8, 4) is 0 Å². The molecule has 5 heteroatoms. The van der Waals surface area contributed by atoms with Crippen LogP contribution in [0.15, 0.2) is 29.4 Å². The number of rotatable bonds is 6. The van der Waals surface area contributed by atoms with E-state index in [1.807, 2.05) is 18.2 Å². The third-order valence-corrected chi connectivity index (χ3v) is 4.07. The zero-order valence-electron chi connectivity index (χ0n) is 7.68. The largest absolute Gasteiger partial charge is 0.295 e. The lowest BCUT2D eigenvalue weighted by Gasteiger charge is -1.98. The first-order chi connectivity index (χ1) is 6.79. The molecule has 0 saturated heterocycles. The standard InChI is InChI=1S/C9H12NOPS2/c11-9(12)5-3-7-13-14-8-4-1-2-6-10-8/h1-2,4,6H,3,5,7,12H2. The Bertz CT molecular complexity index is 281. The fourth-order valence-electron chi connectivity index (χ4n) is 0.804. The maximum absolute atomic E-state index is 10.6. The van der Waals surface area contributed by atoms with Gasteiger partial charge in [0.05, 0.1) is 0 Å². The summed E-state index contributed by atoms with van der Waals surface area (Å²) in [6.07, 6.45) is 3.38. The van der Waals surface area contributed by atoms with Crippen LogP contribution < -0.4 is 0 Å². The molecule has 1 rings (SSSR count). The first kappa shape index (κ1) is 12.0. The minimum Gasteiger partial charge on any atom is -0.295 e. The SMILES string of the molecule is O=C(P)CCCSSc1ccccn1. The highest BCUT2D eigenvalue weighted by Gasteiger charge is 1.96. The second-order valence-electron chi connectivity index (χ2n) is 2.64. The van der Waals surface area contributed by atoms with Crippen LogP contribution >= 0.6 is 30.8 Å². The molecule has 0 aliphatic heterocycles. The molecular formula is C9H12NOPS2. The van der Waals surface area contributed by atoms with Gasteiger partial charge in [0.25, 0.3) is 0 Å². The zero-order valence-corrected chi connectivity index (χ0v) is 10.5. The Morgan fingerprint density at radius 2 is 2.36 bits per heavy atom. The van der Waals surface area contributed by atoms with E-state index in [4.69, 9.17) is 0 Å². The van der Waals surface area contributed by atoms with Gasteiger partial charge in [-0.1, -0.05) is 26.1 Å². The monoisotopic (exact) mass is 245 g/mol. The Kier molecular flexibility index (Phi) is 6.24. The number of hydrogen-bond donors (Lipinski definition) is 0. The van der Waals surface area contributed by atoms with E-state index in [-0.39, 0.29) is 5.52 Å². The topological polar surface area (TPSA) is 30.0 Å². The molecule has 1 heterocycles. The fraction of sp³-hybridized carbons (Fsp3) is 0.333. The van der Waals surface area contributed by atoms with Gasteiger partial charge in [-0.25, -0.2) is 4.98 Å². The molecule has 2 nitrogen and oxygen atoms in total. The van der Waals surface area contributed by atoms with Crippen molar-refractivity contribution in [2.45, 2.75) is 17.9 Å². The van der Waals surface area contributed by atoms with Gasteiger partial charge in [0.15, 0.2) is 0 Å². The Labute approximate surface area is 94.2 Å². The van der Waals surface area contributed by atoms with Crippen LogP contribution in [0.4, 0.5) is 0 Å². The van der Waals surface area contributed by atoms with Gasteiger partial charge in [-0.3, -0.25) is 4.79 Å². The van der Waals surface area contributed by atoms with Crippen LogP contribution in [-0.2, 0) is 4.79 Å². The van der Waals surface area contributed by atoms with Crippen LogP contribution in [0.1, 0.15) is 12.8 Å². The van der Waals surface area contributed by atoms with Gasteiger partial charge < -0.3 is 0 Å². The lowest BCUT2D eigenvalue weighted by molar-refractivity contribution is -0.111. The van der Waals surface area contributed by atoms with E-state index in [0.717, 1.165) is 17.2 Å². The van der Waals surface area contributed by atoms with Gasteiger partial charge in [-0.2, -0.15) is 0 Å². The molecule has 1 aromatic heterocycles. The molecule has 14 heavy (non-hydrogen) atoms. The molecule has 0 aliphatic carbocycles. The Balaban J connectivity index is 2.08. The maximum Gasteiger partial charge on any atom is 0.148 e. The second kappa shape index (κ2) is 7.27. The lowest BCUT2D eigenvalue weighted by Crippen LogP contribution is -1.86. The summed E-state index contributed by atoms with van der Waals surface area (Å²) in [7, 11) is 5.60. The first-order valence-electron chi connectivity index (χ1n) is 4.28. The molecule has 0 fully saturated rings. The maximum atomic E-state index is 10.6. The predicted molar refractivity (Wildman–Crippen MR) is 66.5 cm³/mol. The molecule has 0 aliphatic rings. The molecule has 1 unspecified atom stereocenters. The molecular weight excluding hydrogens is 233 g/mol. The van der Waals surface area contributed by atoms with E-state index < -0.39 is 0 Å². The van der Waals surface area contributed by atoms with Crippen molar-refractivity contribution in [1.29, 1.82) is 0 Å². The Morgan fingerprint density at radius 1 is 1.50 bits per heavy atom. The Morgan fingerprint density at radius 3 is 3.00 bits per heavy atom. The number of carbonyl (C=O) groups is 1. The van der Waals surface area contributed by atoms with Gasteiger partial charge >= 0.3 is 0 Å². The highest BCUT2D eigenvalue weighted by molar-refractivity contribution is 8.76. The minimum atomic E-state index is 0.188. The summed E-state index contributed by atoms with van der Waals surface area (Å²) < 4.78 is 0. The smallest absolute Gasteiger partial charge is 0.148 e. The molecule has 0 radical (unpaired) electrons. The summed E-state index contributed by atoms with van der Waals surface area (Å²) in [5, 5.41) is 1.02. The average molecular weight is 245 g/mol. The number of pyridine rings is 1. The van der Waals surface area contributed by atoms with Crippen LogP contribution in [0.25, 0.3) is 0 Å². The van der Waals surface area contributed by atoms with Crippen molar-refractivity contribution >= 4 is 36.4 Å². The third kappa shape index (κ3) is 5.63. The van der Waals surface area contributed by atoms with E-state index >= 15 is 0 Å². The highest BCUT2D eigenvalue weighted by atomic mass is 33.1. The van der Waals surface area contributed by atoms with Crippen LogP contribution in [0, 0.1) is 0 Å². The summed E-state index contributed by atoms with van der Waals surface area (Å²) in [4.78, 5) is 14.8. The predicted octanol–water partition coefficient (Wildman–Crippen LogP) is 3.00. The first-order valence-corrected chi connectivity index (χ1v) is 7.17. The van der Waals surface area contributed by atoms with Crippen LogP contribution in [0.2, 0.25) is 0 Å². The van der Waals surface area contributed by atoms with Gasteiger partial charge in [0.2, 0.25) is 0 Å². The summed E-state index contributed by atoms with van der Waals surface area (Å²) in [5.41, 5.74) is 0.188. The van der Waals surface area contributed by atoms with Crippen LogP contribution in [0.5, 0.6) is 0 Å². The molecule has 0 bridgehead atoms. The normalized spacial score (nSPS) is 10.1. The molecule has 0 amide bonds. The van der Waals surface area contributed by atoms with Crippen molar-refractivity contribution < 1.29 is 4.79 Å². The summed E-state index contributed by atoms with van der Waals surface area (Å²) >= 11 is 0. The van der Waals surface area contributed by atoms with Crippen LogP contribution in [0.3, 0.4) is 0 Å². The number of hydrogen-bond acceptors (Lipinski definition) is 4. The third-order valence-electron chi connectivity index (χ3n) is 1.43. The number of nitrogens with zero attached hydrogens (tertiary/aromatic N) is 1. The van der Waals surface area contributed by atoms with Crippen molar-refractivity contribution in [3.05, 3.63) is 24.4 Å². The molecule has 0 N–H and O–H groups in total. The van der Waals surface area contributed by atoms with E-state index in [1.165, 1.54) is 0 Å². The molecule has 0 saturated carbocycles. The molecule has 0 spiro atoms. The minimum absolute atomic E-state index is 0.188. The molecule has 76 valence electrons. The summed E-state index contributed by atoms with van der Waals surface area (Å²) in [5.74, 6) is 0.987. The van der Waals surface area contributed by atoms with E-state index in [9.17, 15) is 4.79 Å². The summed E-state index contributed by atoms with van der Waals surface area (Å²) in [6, 6.07) is 5.86. The molecule has 1 atom stereocenters. The van der Waals surface area contributed by atoms with E-state index in [2.05, 4.69) is 14.2 Å². The number of aromatic nitrogens is 1. The quantitative estimate of drug-likeness (QED) is 0.438. The van der Waals surface area contributed by atoms with E-state index in [1.54, 1.807) is 27.8 Å². The van der Waals surface area contributed by atoms with Gasteiger partial charge in [-0.05, 0) is 29.3 Å². The molecule has 1 aromatic rings. The summed E-state index contributed by atoms with van der Waals surface area (Å²) in [6.45, 7) is 0. The molecule has 0 aromatic carbocycles.